The third-order valence-electron chi connectivity index (χ3n) is 9.24. The Labute approximate surface area is 303 Å². The quantitative estimate of drug-likeness (QED) is 0.157. The number of para-hydroxylation sites is 3. The Hall–Kier alpha value is -4.86. The molecule has 0 radical (unpaired) electrons. The van der Waals surface area contributed by atoms with E-state index in [9.17, 15) is 0 Å². The SMILES string of the molecule is CC(C)c1ccccc1-c1ccnc(-n2c3[c-]c(Oc4[c-]c(N5CN(C(C)(C)C)c6ccccc65)ccc4)ccc3c3ccccc32)c1.[Pt+2]. The van der Waals surface area contributed by atoms with Crippen LogP contribution in [0.3, 0.4) is 0 Å². The van der Waals surface area contributed by atoms with Crippen LogP contribution in [0.4, 0.5) is 17.1 Å². The van der Waals surface area contributed by atoms with Crippen molar-refractivity contribution in [2.24, 2.45) is 0 Å². The van der Waals surface area contributed by atoms with Gasteiger partial charge in [-0.05, 0) is 79.1 Å². The molecule has 1 aliphatic heterocycles. The molecule has 0 bridgehead atoms. The van der Waals surface area contributed by atoms with E-state index < -0.39 is 0 Å². The third kappa shape index (κ3) is 5.91. The topological polar surface area (TPSA) is 33.5 Å². The van der Waals surface area contributed by atoms with Gasteiger partial charge < -0.3 is 19.1 Å². The Morgan fingerprint density at radius 3 is 2.29 bits per heavy atom. The molecule has 3 heterocycles. The van der Waals surface area contributed by atoms with Gasteiger partial charge in [0.25, 0.3) is 0 Å². The van der Waals surface area contributed by atoms with Crippen molar-refractivity contribution in [1.82, 2.24) is 9.55 Å². The zero-order valence-electron chi connectivity index (χ0n) is 28.3. The van der Waals surface area contributed by atoms with Crippen molar-refractivity contribution in [2.75, 3.05) is 16.5 Å². The summed E-state index contributed by atoms with van der Waals surface area (Å²) < 4.78 is 8.70. The van der Waals surface area contributed by atoms with Gasteiger partial charge in [-0.1, -0.05) is 79.6 Å². The van der Waals surface area contributed by atoms with Crippen LogP contribution >= 0.6 is 0 Å². The zero-order valence-corrected chi connectivity index (χ0v) is 30.6. The zero-order chi connectivity index (χ0) is 33.0. The van der Waals surface area contributed by atoms with Crippen molar-refractivity contribution in [3.63, 3.8) is 0 Å². The number of hydrogen-bond donors (Lipinski definition) is 0. The van der Waals surface area contributed by atoms with Crippen molar-refractivity contribution in [2.45, 2.75) is 46.1 Å². The number of pyridine rings is 1. The third-order valence-corrected chi connectivity index (χ3v) is 9.24. The molecule has 0 atom stereocenters. The van der Waals surface area contributed by atoms with Crippen LogP contribution in [0.5, 0.6) is 11.5 Å². The molecule has 5 aromatic carbocycles. The first-order chi connectivity index (χ1) is 23.3. The summed E-state index contributed by atoms with van der Waals surface area (Å²) in [5.41, 5.74) is 9.02. The average Bonchev–Trinajstić information content (AvgIpc) is 3.65. The Kier molecular flexibility index (Phi) is 8.58. The summed E-state index contributed by atoms with van der Waals surface area (Å²) in [5, 5.41) is 2.25. The van der Waals surface area contributed by atoms with Gasteiger partial charge in [-0.25, -0.2) is 4.98 Å². The van der Waals surface area contributed by atoms with Crippen molar-refractivity contribution in [3.05, 3.63) is 139 Å². The average molecular weight is 822 g/mol. The van der Waals surface area contributed by atoms with Crippen molar-refractivity contribution in [3.8, 4) is 28.4 Å². The first-order valence-corrected chi connectivity index (χ1v) is 16.6. The normalized spacial score (nSPS) is 12.9. The molecule has 0 saturated carbocycles. The van der Waals surface area contributed by atoms with E-state index in [0.29, 0.717) is 17.4 Å². The number of fused-ring (bicyclic) bond motifs is 4. The maximum atomic E-state index is 6.51. The molecule has 8 rings (SSSR count). The molecule has 0 fully saturated rings. The number of nitrogens with zero attached hydrogens (tertiary/aromatic N) is 4. The number of anilines is 3. The molecule has 1 aliphatic rings. The fourth-order valence-electron chi connectivity index (χ4n) is 6.91. The fourth-order valence-corrected chi connectivity index (χ4v) is 6.91. The summed E-state index contributed by atoms with van der Waals surface area (Å²) in [6.07, 6.45) is 1.90. The van der Waals surface area contributed by atoms with E-state index >= 15 is 0 Å². The van der Waals surface area contributed by atoms with E-state index in [4.69, 9.17) is 9.72 Å². The van der Waals surface area contributed by atoms with Gasteiger partial charge in [-0.3, -0.25) is 0 Å². The smallest absolute Gasteiger partial charge is 0.509 e. The minimum atomic E-state index is -0.0199. The molecule has 0 saturated heterocycles. The summed E-state index contributed by atoms with van der Waals surface area (Å²) in [5.74, 6) is 2.52. The van der Waals surface area contributed by atoms with Gasteiger partial charge in [0.15, 0.2) is 0 Å². The standard InChI is InChI=1S/C43H38N4O.Pt/c1-29(2)34-15-6-7-16-35(34)30-23-24-44-42(25-30)47-38-18-9-8-17-36(38)37-22-21-33(27-41(37)47)48-32-14-12-13-31(26-32)45-28-46(43(3,4)5)40-20-11-10-19-39(40)45;/h6-25,29H,28H2,1-5H3;/q-2;+2. The summed E-state index contributed by atoms with van der Waals surface area (Å²) in [6.45, 7) is 12.0. The second-order valence-corrected chi connectivity index (χ2v) is 13.7. The molecular weight excluding hydrogens is 784 g/mol. The Balaban J connectivity index is 0.00000378. The minimum Gasteiger partial charge on any atom is -0.509 e. The Morgan fingerprint density at radius 1 is 0.735 bits per heavy atom. The van der Waals surface area contributed by atoms with E-state index in [1.54, 1.807) is 0 Å². The van der Waals surface area contributed by atoms with Gasteiger partial charge in [0.1, 0.15) is 5.82 Å². The number of hydrogen-bond acceptors (Lipinski definition) is 4. The molecule has 246 valence electrons. The Morgan fingerprint density at radius 2 is 1.47 bits per heavy atom. The van der Waals surface area contributed by atoms with Gasteiger partial charge in [-0.2, -0.15) is 12.1 Å². The first-order valence-electron chi connectivity index (χ1n) is 16.6. The van der Waals surface area contributed by atoms with Crippen LogP contribution in [-0.2, 0) is 21.1 Å². The van der Waals surface area contributed by atoms with Crippen LogP contribution < -0.4 is 14.5 Å². The van der Waals surface area contributed by atoms with Gasteiger partial charge in [-0.15, -0.1) is 35.7 Å². The molecule has 0 unspecified atom stereocenters. The maximum Gasteiger partial charge on any atom is 2.00 e. The van der Waals surface area contributed by atoms with E-state index in [1.165, 1.54) is 22.5 Å². The molecule has 5 nitrogen and oxygen atoms in total. The monoisotopic (exact) mass is 821 g/mol. The number of ether oxygens (including phenoxy) is 1. The first kappa shape index (κ1) is 32.7. The number of benzene rings is 5. The van der Waals surface area contributed by atoms with E-state index in [1.807, 2.05) is 24.4 Å². The summed E-state index contributed by atoms with van der Waals surface area (Å²) in [6, 6.07) is 47.3. The van der Waals surface area contributed by atoms with Crippen LogP contribution in [-0.4, -0.2) is 21.8 Å². The fraction of sp³-hybridized carbons (Fsp3) is 0.186. The minimum absolute atomic E-state index is 0. The molecule has 2 aromatic heterocycles. The largest absolute Gasteiger partial charge is 2.00 e. The molecule has 0 amide bonds. The molecule has 0 spiro atoms. The van der Waals surface area contributed by atoms with Gasteiger partial charge in [0, 0.05) is 28.8 Å². The molecule has 49 heavy (non-hydrogen) atoms. The van der Waals surface area contributed by atoms with Crippen LogP contribution in [0, 0.1) is 12.1 Å². The molecular formula is C43H38N4OPt. The van der Waals surface area contributed by atoms with E-state index in [2.05, 4.69) is 158 Å². The van der Waals surface area contributed by atoms with Crippen LogP contribution in [0.1, 0.15) is 46.1 Å². The molecule has 6 heteroatoms. The molecule has 7 aromatic rings. The maximum absolute atomic E-state index is 6.51. The summed E-state index contributed by atoms with van der Waals surface area (Å²) in [4.78, 5) is 9.60. The molecule has 0 N–H and O–H groups in total. The predicted molar refractivity (Wildman–Crippen MR) is 198 cm³/mol. The van der Waals surface area contributed by atoms with Gasteiger partial charge >= 0.3 is 21.1 Å². The van der Waals surface area contributed by atoms with Crippen LogP contribution in [0.15, 0.2) is 121 Å². The Bertz CT molecular complexity index is 2300. The van der Waals surface area contributed by atoms with Crippen LogP contribution in [0.2, 0.25) is 0 Å². The predicted octanol–water partition coefficient (Wildman–Crippen LogP) is 11.1. The van der Waals surface area contributed by atoms with E-state index in [0.717, 1.165) is 45.5 Å². The summed E-state index contributed by atoms with van der Waals surface area (Å²) >= 11 is 0. The van der Waals surface area contributed by atoms with Crippen molar-refractivity contribution in [1.29, 1.82) is 0 Å². The van der Waals surface area contributed by atoms with Crippen molar-refractivity contribution >= 4 is 38.9 Å². The second kappa shape index (κ2) is 12.9. The molecule has 0 aliphatic carbocycles. The van der Waals surface area contributed by atoms with E-state index in [-0.39, 0.29) is 26.6 Å². The van der Waals surface area contributed by atoms with Gasteiger partial charge in [0.2, 0.25) is 0 Å². The number of rotatable bonds is 6. The second-order valence-electron chi connectivity index (χ2n) is 13.7. The van der Waals surface area contributed by atoms with Gasteiger partial charge in [0.05, 0.1) is 18.0 Å². The summed E-state index contributed by atoms with van der Waals surface area (Å²) in [7, 11) is 0. The van der Waals surface area contributed by atoms with Crippen molar-refractivity contribution < 1.29 is 25.8 Å². The number of aromatic nitrogens is 2. The van der Waals surface area contributed by atoms with Crippen LogP contribution in [0.25, 0.3) is 38.8 Å².